The van der Waals surface area contributed by atoms with E-state index in [1.807, 2.05) is 49.5 Å². The topological polar surface area (TPSA) is 103 Å². The zero-order chi connectivity index (χ0) is 23.1. The Morgan fingerprint density at radius 2 is 1.88 bits per heavy atom. The van der Waals surface area contributed by atoms with Gasteiger partial charge in [-0.3, -0.25) is 9.48 Å². The van der Waals surface area contributed by atoms with Crippen LogP contribution in [0.1, 0.15) is 5.69 Å². The van der Waals surface area contributed by atoms with Gasteiger partial charge in [-0.25, -0.2) is 9.94 Å². The van der Waals surface area contributed by atoms with Gasteiger partial charge in [0, 0.05) is 35.5 Å². The van der Waals surface area contributed by atoms with Gasteiger partial charge in [-0.05, 0) is 29.1 Å². The molecular formula is C25H20N6O2. The van der Waals surface area contributed by atoms with E-state index in [0.29, 0.717) is 27.9 Å². The Bertz CT molecular complexity index is 1640. The van der Waals surface area contributed by atoms with Gasteiger partial charge < -0.3 is 10.5 Å². The molecule has 0 unspecified atom stereocenters. The number of benzene rings is 3. The summed E-state index contributed by atoms with van der Waals surface area (Å²) in [4.78, 5) is 16.1. The predicted molar refractivity (Wildman–Crippen MR) is 128 cm³/mol. The Morgan fingerprint density at radius 3 is 2.61 bits per heavy atom. The highest BCUT2D eigenvalue weighted by atomic mass is 16.5. The highest BCUT2D eigenvalue weighted by Crippen LogP contribution is 2.45. The third-order valence-corrected chi connectivity index (χ3v) is 5.88. The average molecular weight is 436 g/mol. The number of ether oxygens (including phenoxy) is 1. The number of rotatable bonds is 4. The SMILES string of the molecule is [C-]#[N+]c1c(-c2c(-c3ccc4c(=O)[nH]nc(CN)c4c3)cnn2C)cc(OC)c2ccccc12. The van der Waals surface area contributed by atoms with Gasteiger partial charge in [-0.15, -0.1) is 0 Å². The molecule has 162 valence electrons. The van der Waals surface area contributed by atoms with Crippen molar-refractivity contribution < 1.29 is 4.74 Å². The molecule has 0 aliphatic heterocycles. The van der Waals surface area contributed by atoms with E-state index >= 15 is 0 Å². The van der Waals surface area contributed by atoms with Crippen LogP contribution in [0, 0.1) is 6.57 Å². The quantitative estimate of drug-likeness (QED) is 0.412. The second-order valence-corrected chi connectivity index (χ2v) is 7.63. The van der Waals surface area contributed by atoms with E-state index in [1.165, 1.54) is 0 Å². The van der Waals surface area contributed by atoms with Crippen LogP contribution in [-0.4, -0.2) is 27.1 Å². The molecule has 0 bridgehead atoms. The van der Waals surface area contributed by atoms with Crippen LogP contribution in [0.2, 0.25) is 0 Å². The third-order valence-electron chi connectivity index (χ3n) is 5.88. The maximum atomic E-state index is 12.2. The number of nitrogens with two attached hydrogens (primary N) is 1. The summed E-state index contributed by atoms with van der Waals surface area (Å²) in [6.45, 7) is 8.12. The number of aromatic nitrogens is 4. The number of aryl methyl sites for hydroxylation is 1. The van der Waals surface area contributed by atoms with Gasteiger partial charge in [0.25, 0.3) is 5.56 Å². The lowest BCUT2D eigenvalue weighted by Crippen LogP contribution is -2.13. The van der Waals surface area contributed by atoms with Crippen LogP contribution in [-0.2, 0) is 13.6 Å². The minimum absolute atomic E-state index is 0.195. The van der Waals surface area contributed by atoms with Crippen LogP contribution < -0.4 is 16.0 Å². The molecule has 0 atom stereocenters. The molecule has 33 heavy (non-hydrogen) atoms. The molecule has 3 aromatic carbocycles. The maximum Gasteiger partial charge on any atom is 0.272 e. The van der Waals surface area contributed by atoms with Gasteiger partial charge in [0.1, 0.15) is 5.75 Å². The lowest BCUT2D eigenvalue weighted by Gasteiger charge is -2.14. The van der Waals surface area contributed by atoms with Gasteiger partial charge in [-0.2, -0.15) is 10.2 Å². The molecule has 3 N–H and O–H groups in total. The van der Waals surface area contributed by atoms with Crippen molar-refractivity contribution in [2.45, 2.75) is 6.54 Å². The van der Waals surface area contributed by atoms with E-state index in [-0.39, 0.29) is 12.1 Å². The van der Waals surface area contributed by atoms with Crippen LogP contribution in [0.3, 0.4) is 0 Å². The Balaban J connectivity index is 1.82. The molecular weight excluding hydrogens is 416 g/mol. The zero-order valence-corrected chi connectivity index (χ0v) is 18.1. The van der Waals surface area contributed by atoms with E-state index in [2.05, 4.69) is 20.1 Å². The molecule has 0 spiro atoms. The van der Waals surface area contributed by atoms with Crippen molar-refractivity contribution in [1.29, 1.82) is 0 Å². The average Bonchev–Trinajstić information content (AvgIpc) is 3.24. The number of nitrogens with zero attached hydrogens (tertiary/aromatic N) is 4. The molecule has 8 nitrogen and oxygen atoms in total. The van der Waals surface area contributed by atoms with E-state index in [4.69, 9.17) is 17.0 Å². The first-order valence-electron chi connectivity index (χ1n) is 10.3. The van der Waals surface area contributed by atoms with Gasteiger partial charge >= 0.3 is 0 Å². The summed E-state index contributed by atoms with van der Waals surface area (Å²) >= 11 is 0. The molecule has 5 aromatic rings. The summed E-state index contributed by atoms with van der Waals surface area (Å²) in [5.74, 6) is 0.680. The molecule has 0 saturated carbocycles. The molecule has 0 aliphatic rings. The van der Waals surface area contributed by atoms with Crippen LogP contribution in [0.5, 0.6) is 5.75 Å². The van der Waals surface area contributed by atoms with Crippen molar-refractivity contribution in [3.63, 3.8) is 0 Å². The number of aromatic amines is 1. The maximum absolute atomic E-state index is 12.2. The Hall–Kier alpha value is -4.48. The Morgan fingerprint density at radius 1 is 1.09 bits per heavy atom. The van der Waals surface area contributed by atoms with E-state index in [1.54, 1.807) is 24.1 Å². The van der Waals surface area contributed by atoms with Crippen LogP contribution >= 0.6 is 0 Å². The van der Waals surface area contributed by atoms with Crippen LogP contribution in [0.15, 0.2) is 59.5 Å². The smallest absolute Gasteiger partial charge is 0.272 e. The summed E-state index contributed by atoms with van der Waals surface area (Å²) in [5, 5.41) is 14.0. The van der Waals surface area contributed by atoms with Crippen molar-refractivity contribution in [1.82, 2.24) is 20.0 Å². The minimum atomic E-state index is -0.269. The third kappa shape index (κ3) is 3.14. The van der Waals surface area contributed by atoms with Gasteiger partial charge in [0.2, 0.25) is 5.69 Å². The summed E-state index contributed by atoms with van der Waals surface area (Å²) in [7, 11) is 3.46. The fourth-order valence-electron chi connectivity index (χ4n) is 4.31. The van der Waals surface area contributed by atoms with Gasteiger partial charge in [-0.1, -0.05) is 30.3 Å². The molecule has 0 aliphatic carbocycles. The summed E-state index contributed by atoms with van der Waals surface area (Å²) in [6.07, 6.45) is 1.76. The lowest BCUT2D eigenvalue weighted by molar-refractivity contribution is 0.420. The second-order valence-electron chi connectivity index (χ2n) is 7.63. The summed E-state index contributed by atoms with van der Waals surface area (Å²) in [5.41, 5.74) is 9.88. The van der Waals surface area contributed by atoms with Crippen molar-refractivity contribution >= 4 is 27.2 Å². The molecule has 2 aromatic heterocycles. The summed E-state index contributed by atoms with van der Waals surface area (Å²) < 4.78 is 7.41. The van der Waals surface area contributed by atoms with E-state index in [9.17, 15) is 4.79 Å². The first-order chi connectivity index (χ1) is 16.1. The number of hydrogen-bond donors (Lipinski definition) is 2. The van der Waals surface area contributed by atoms with E-state index < -0.39 is 0 Å². The molecule has 0 amide bonds. The predicted octanol–water partition coefficient (Wildman–Crippen LogP) is 4.16. The molecule has 8 heteroatoms. The fraction of sp³-hybridized carbons (Fsp3) is 0.120. The molecule has 2 heterocycles. The highest BCUT2D eigenvalue weighted by molar-refractivity contribution is 6.06. The zero-order valence-electron chi connectivity index (χ0n) is 18.1. The van der Waals surface area contributed by atoms with Crippen molar-refractivity contribution in [2.75, 3.05) is 7.11 Å². The molecule has 5 rings (SSSR count). The number of H-pyrrole nitrogens is 1. The number of fused-ring (bicyclic) bond motifs is 2. The van der Waals surface area contributed by atoms with Gasteiger partial charge in [0.15, 0.2) is 0 Å². The van der Waals surface area contributed by atoms with Crippen LogP contribution in [0.4, 0.5) is 5.69 Å². The van der Waals surface area contributed by atoms with E-state index in [0.717, 1.165) is 33.2 Å². The van der Waals surface area contributed by atoms with Crippen molar-refractivity contribution in [3.05, 3.63) is 82.2 Å². The van der Waals surface area contributed by atoms with Crippen molar-refractivity contribution in [3.8, 4) is 28.1 Å². The molecule has 0 saturated heterocycles. The van der Waals surface area contributed by atoms with Crippen molar-refractivity contribution in [2.24, 2.45) is 12.8 Å². The highest BCUT2D eigenvalue weighted by Gasteiger charge is 2.21. The first kappa shape index (κ1) is 20.4. The minimum Gasteiger partial charge on any atom is -0.496 e. The Kier molecular flexibility index (Phi) is 4.89. The monoisotopic (exact) mass is 436 g/mol. The first-order valence-corrected chi connectivity index (χ1v) is 10.3. The normalized spacial score (nSPS) is 11.1. The lowest BCUT2D eigenvalue weighted by atomic mass is 9.95. The molecule has 0 radical (unpaired) electrons. The number of nitrogens with one attached hydrogen (secondary N) is 1. The fourth-order valence-corrected chi connectivity index (χ4v) is 4.31. The second kappa shape index (κ2) is 7.89. The Labute approximate surface area is 189 Å². The van der Waals surface area contributed by atoms with Gasteiger partial charge in [0.05, 0.1) is 36.7 Å². The standard InChI is InChI=1S/C25H20N6O2/c1-27-23-16-7-5-4-6-15(16)22(33-3)11-19(23)24-20(13-28-31(24)2)14-8-9-17-18(10-14)21(12-26)29-30-25(17)32/h4-11,13H,12,26H2,2-3H3,(H,30,32). The number of methoxy groups -OCH3 is 1. The largest absolute Gasteiger partial charge is 0.496 e. The molecule has 0 fully saturated rings. The number of hydrogen-bond acceptors (Lipinski definition) is 5. The summed E-state index contributed by atoms with van der Waals surface area (Å²) in [6, 6.07) is 15.1. The van der Waals surface area contributed by atoms with Crippen LogP contribution in [0.25, 0.3) is 48.8 Å².